The van der Waals surface area contributed by atoms with Crippen molar-refractivity contribution in [3.05, 3.63) is 164 Å². The average molecular weight is 953 g/mol. The first-order valence-electron chi connectivity index (χ1n) is 22.2. The van der Waals surface area contributed by atoms with Crippen molar-refractivity contribution in [1.29, 1.82) is 0 Å². The van der Waals surface area contributed by atoms with Gasteiger partial charge in [0.2, 0.25) is 0 Å². The van der Waals surface area contributed by atoms with Gasteiger partial charge in [0.25, 0.3) is 11.8 Å². The first-order chi connectivity index (χ1) is 30.6. The summed E-state index contributed by atoms with van der Waals surface area (Å²) in [5, 5.41) is 1.26. The summed E-state index contributed by atoms with van der Waals surface area (Å²) < 4.78 is 42.2. The molecule has 0 N–H and O–H groups in total. The van der Waals surface area contributed by atoms with Crippen LogP contribution in [0.1, 0.15) is 126 Å². The Hall–Kier alpha value is -3.76. The lowest BCUT2D eigenvalue weighted by Gasteiger charge is -2.52. The van der Waals surface area contributed by atoms with E-state index in [1.165, 1.54) is 12.1 Å². The third kappa shape index (κ3) is 9.99. The summed E-state index contributed by atoms with van der Waals surface area (Å²) in [5.74, 6) is -0.324. The Morgan fingerprint density at radius 1 is 0.625 bits per heavy atom. The highest BCUT2D eigenvalue weighted by molar-refractivity contribution is 6.31. The second-order valence-corrected chi connectivity index (χ2v) is 19.6. The summed E-state index contributed by atoms with van der Waals surface area (Å²) in [6, 6.07) is 23.5. The van der Waals surface area contributed by atoms with E-state index in [0.717, 1.165) is 49.7 Å². The molecule has 4 aromatic carbocycles. The SMILES string of the molecule is C=CC[C@@]1(C)O[C@H](c2cccc(Cl)c2)[C@@H](c2ccc(Cl)c(F)c2)N([C@H](CC)C2CC2)C1=O.C=CC[C@]1(C)O[C@H](c2cccc(Cl)c2)[C@@H](c2ccc(Cl)c(F)c2)N([C@H](CC)C2CC2)C1=O. The number of carbonyl (C=O) groups is 2. The fourth-order valence-corrected chi connectivity index (χ4v) is 10.5. The molecule has 2 amide bonds. The van der Waals surface area contributed by atoms with Crippen molar-refractivity contribution in [3.8, 4) is 0 Å². The van der Waals surface area contributed by atoms with Gasteiger partial charge in [-0.1, -0.05) is 109 Å². The fraction of sp³-hybridized carbons (Fsp3) is 0.423. The lowest BCUT2D eigenvalue weighted by molar-refractivity contribution is -0.203. The molecule has 8 atom stereocenters. The molecule has 2 aliphatic carbocycles. The van der Waals surface area contributed by atoms with Crippen LogP contribution in [0, 0.1) is 23.5 Å². The molecule has 0 unspecified atom stereocenters. The van der Waals surface area contributed by atoms with Crippen LogP contribution in [0.3, 0.4) is 0 Å². The van der Waals surface area contributed by atoms with Crippen molar-refractivity contribution in [3.63, 3.8) is 0 Å². The van der Waals surface area contributed by atoms with Gasteiger partial charge in [0.15, 0.2) is 0 Å². The molecule has 4 fully saturated rings. The molecule has 2 aliphatic heterocycles. The maximum atomic E-state index is 14.6. The monoisotopic (exact) mass is 950 g/mol. The van der Waals surface area contributed by atoms with Gasteiger partial charge in [0.1, 0.15) is 35.0 Å². The predicted molar refractivity (Wildman–Crippen MR) is 253 cm³/mol. The summed E-state index contributed by atoms with van der Waals surface area (Å²) in [7, 11) is 0. The number of amides is 2. The van der Waals surface area contributed by atoms with E-state index in [2.05, 4.69) is 27.0 Å². The number of hydrogen-bond acceptors (Lipinski definition) is 4. The number of halogens is 6. The smallest absolute Gasteiger partial charge is 0.255 e. The summed E-state index contributed by atoms with van der Waals surface area (Å²) in [6.45, 7) is 15.5. The average Bonchev–Trinajstić information content (AvgIpc) is 4.21. The molecular formula is C52H56Cl4F2N2O4. The topological polar surface area (TPSA) is 59.1 Å². The molecule has 340 valence electrons. The van der Waals surface area contributed by atoms with Crippen molar-refractivity contribution < 1.29 is 27.8 Å². The van der Waals surface area contributed by atoms with Crippen molar-refractivity contribution >= 4 is 58.2 Å². The molecule has 0 spiro atoms. The van der Waals surface area contributed by atoms with Gasteiger partial charge >= 0.3 is 0 Å². The maximum Gasteiger partial charge on any atom is 0.255 e. The second-order valence-electron chi connectivity index (χ2n) is 17.9. The Balaban J connectivity index is 0.000000191. The minimum Gasteiger partial charge on any atom is -0.355 e. The molecule has 0 radical (unpaired) electrons. The van der Waals surface area contributed by atoms with E-state index in [1.54, 1.807) is 48.6 Å². The molecule has 12 heteroatoms. The molecule has 2 saturated heterocycles. The van der Waals surface area contributed by atoms with Gasteiger partial charge in [-0.25, -0.2) is 8.78 Å². The first kappa shape index (κ1) is 48.2. The highest BCUT2D eigenvalue weighted by atomic mass is 35.5. The third-order valence-electron chi connectivity index (χ3n) is 13.2. The number of rotatable bonds is 14. The van der Waals surface area contributed by atoms with E-state index in [4.69, 9.17) is 55.9 Å². The van der Waals surface area contributed by atoms with Crippen molar-refractivity contribution in [1.82, 2.24) is 9.80 Å². The summed E-state index contributed by atoms with van der Waals surface area (Å²) >= 11 is 24.6. The fourth-order valence-electron chi connectivity index (χ4n) is 9.82. The van der Waals surface area contributed by atoms with Gasteiger partial charge in [-0.05, 0) is 135 Å². The Morgan fingerprint density at radius 3 is 1.30 bits per heavy atom. The number of morpholine rings is 2. The van der Waals surface area contributed by atoms with Gasteiger partial charge in [-0.15, -0.1) is 13.2 Å². The normalized spacial score (nSPS) is 26.8. The summed E-state index contributed by atoms with van der Waals surface area (Å²) in [5.41, 5.74) is 0.861. The number of benzene rings is 4. The highest BCUT2D eigenvalue weighted by Crippen LogP contribution is 2.53. The Bertz CT molecular complexity index is 2210. The van der Waals surface area contributed by atoms with E-state index < -0.39 is 47.1 Å². The van der Waals surface area contributed by atoms with Crippen LogP contribution < -0.4 is 0 Å². The van der Waals surface area contributed by atoms with Crippen LogP contribution in [0.4, 0.5) is 8.78 Å². The first-order valence-corrected chi connectivity index (χ1v) is 23.7. The standard InChI is InChI=1S/2C26H28Cl2FNO2/c2*1-4-13-26(3)25(31)30(22(5-2)16-9-10-16)23(17-11-12-20(28)21(29)15-17)24(32-26)18-7-6-8-19(27)14-18/h2*4,6-8,11-12,14-16,22-24H,1,5,9-10,13H2,2-3H3/t22-,23-,24-,26+;22-,23-,24-,26-/m11/s1. The Morgan fingerprint density at radius 2 is 1.00 bits per heavy atom. The quantitative estimate of drug-likeness (QED) is 0.118. The summed E-state index contributed by atoms with van der Waals surface area (Å²) in [6.07, 6.45) is 9.12. The van der Waals surface area contributed by atoms with Gasteiger partial charge in [-0.2, -0.15) is 0 Å². The van der Waals surface area contributed by atoms with Gasteiger partial charge in [-0.3, -0.25) is 9.59 Å². The third-order valence-corrected chi connectivity index (χ3v) is 14.3. The van der Waals surface area contributed by atoms with Crippen LogP contribution in [0.5, 0.6) is 0 Å². The second kappa shape index (κ2) is 20.0. The predicted octanol–water partition coefficient (Wildman–Crippen LogP) is 14.6. The van der Waals surface area contributed by atoms with Crippen LogP contribution >= 0.6 is 46.4 Å². The molecule has 2 saturated carbocycles. The Labute approximate surface area is 396 Å². The van der Waals surface area contributed by atoms with E-state index in [9.17, 15) is 18.4 Å². The van der Waals surface area contributed by atoms with Crippen LogP contribution in [0.25, 0.3) is 0 Å². The van der Waals surface area contributed by atoms with E-state index >= 15 is 0 Å². The molecule has 6 nitrogen and oxygen atoms in total. The number of carbonyl (C=O) groups excluding carboxylic acids is 2. The molecule has 0 aromatic heterocycles. The molecule has 0 bridgehead atoms. The summed E-state index contributed by atoms with van der Waals surface area (Å²) in [4.78, 5) is 31.8. The van der Waals surface area contributed by atoms with Crippen LogP contribution in [0.15, 0.2) is 110 Å². The molecular weight excluding hydrogens is 896 g/mol. The molecule has 4 aliphatic rings. The van der Waals surface area contributed by atoms with Gasteiger partial charge in [0.05, 0.1) is 22.1 Å². The minimum absolute atomic E-state index is 0.0426. The number of nitrogens with zero attached hydrogens (tertiary/aromatic N) is 2. The number of ether oxygens (including phenoxy) is 2. The molecule has 8 rings (SSSR count). The van der Waals surface area contributed by atoms with E-state index in [1.807, 2.05) is 60.0 Å². The molecule has 4 aromatic rings. The van der Waals surface area contributed by atoms with Crippen molar-refractivity contribution in [2.24, 2.45) is 11.8 Å². The highest BCUT2D eigenvalue weighted by Gasteiger charge is 2.55. The van der Waals surface area contributed by atoms with Gasteiger partial charge < -0.3 is 19.3 Å². The lowest BCUT2D eigenvalue weighted by atomic mass is 9.85. The Kier molecular flexibility index (Phi) is 15.1. The zero-order valence-electron chi connectivity index (χ0n) is 36.7. The zero-order valence-corrected chi connectivity index (χ0v) is 39.7. The molecule has 2 heterocycles. The number of hydrogen-bond donors (Lipinski definition) is 0. The van der Waals surface area contributed by atoms with Crippen molar-refractivity contribution in [2.45, 2.75) is 127 Å². The van der Waals surface area contributed by atoms with E-state index in [-0.39, 0.29) is 33.9 Å². The van der Waals surface area contributed by atoms with Crippen molar-refractivity contribution in [2.75, 3.05) is 0 Å². The lowest BCUT2D eigenvalue weighted by Crippen LogP contribution is -2.60. The maximum absolute atomic E-state index is 14.6. The molecule has 64 heavy (non-hydrogen) atoms. The van der Waals surface area contributed by atoms with E-state index in [0.29, 0.717) is 45.8 Å². The zero-order chi connectivity index (χ0) is 46.1. The van der Waals surface area contributed by atoms with Crippen LogP contribution in [0.2, 0.25) is 20.1 Å². The minimum atomic E-state index is -1.07. The van der Waals surface area contributed by atoms with Gasteiger partial charge in [0, 0.05) is 35.0 Å². The largest absolute Gasteiger partial charge is 0.355 e. The van der Waals surface area contributed by atoms with Crippen LogP contribution in [-0.4, -0.2) is 44.9 Å². The van der Waals surface area contributed by atoms with Crippen LogP contribution in [-0.2, 0) is 19.1 Å².